The Morgan fingerprint density at radius 1 is 1.27 bits per heavy atom. The van der Waals surface area contributed by atoms with Gasteiger partial charge in [0.15, 0.2) is 0 Å². The summed E-state index contributed by atoms with van der Waals surface area (Å²) in [5, 5.41) is 4.81. The van der Waals surface area contributed by atoms with Crippen LogP contribution in [0, 0.1) is 5.82 Å². The van der Waals surface area contributed by atoms with Crippen LogP contribution >= 0.6 is 22.9 Å². The summed E-state index contributed by atoms with van der Waals surface area (Å²) >= 11 is 8.17. The second kappa shape index (κ2) is 10.5. The Labute approximate surface area is 222 Å². The average Bonchev–Trinajstić information content (AvgIpc) is 3.47. The van der Waals surface area contributed by atoms with Crippen molar-refractivity contribution in [2.45, 2.75) is 24.9 Å². The number of benzene rings is 1. The number of rotatable bonds is 9. The van der Waals surface area contributed by atoms with Crippen molar-refractivity contribution in [1.29, 1.82) is 0 Å². The molecule has 37 heavy (non-hydrogen) atoms. The van der Waals surface area contributed by atoms with Gasteiger partial charge in [0, 0.05) is 41.7 Å². The van der Waals surface area contributed by atoms with Crippen molar-refractivity contribution in [3.63, 3.8) is 0 Å². The lowest BCUT2D eigenvalue weighted by molar-refractivity contribution is -0.171. The van der Waals surface area contributed by atoms with Gasteiger partial charge in [-0.3, -0.25) is 4.79 Å². The number of hydrogen-bond donors (Lipinski definition) is 2. The van der Waals surface area contributed by atoms with Gasteiger partial charge in [0.05, 0.1) is 22.1 Å². The molecule has 0 spiro atoms. The van der Waals surface area contributed by atoms with Crippen molar-refractivity contribution < 1.29 is 18.7 Å². The highest BCUT2D eigenvalue weighted by Crippen LogP contribution is 2.48. The van der Waals surface area contributed by atoms with Gasteiger partial charge < -0.3 is 24.7 Å². The van der Waals surface area contributed by atoms with E-state index in [-0.39, 0.29) is 24.9 Å². The number of carbonyl (C=O) groups excluding carboxylic acids is 1. The van der Waals surface area contributed by atoms with Crippen LogP contribution in [0.2, 0.25) is 5.02 Å². The molecule has 5 rings (SSSR count). The Balaban J connectivity index is 1.46. The molecular formula is C26H27ClFN5O3S. The number of methoxy groups -OCH3 is 1. The second-order valence-corrected chi connectivity index (χ2v) is 10.8. The molecule has 0 unspecified atom stereocenters. The number of aromatic amines is 1. The molecule has 194 valence electrons. The third-order valence-electron chi connectivity index (χ3n) is 6.38. The Morgan fingerprint density at radius 3 is 2.76 bits per heavy atom. The lowest BCUT2D eigenvalue weighted by Crippen LogP contribution is -2.37. The predicted octanol–water partition coefficient (Wildman–Crippen LogP) is 5.65. The van der Waals surface area contributed by atoms with Gasteiger partial charge in [-0.1, -0.05) is 17.7 Å². The van der Waals surface area contributed by atoms with Gasteiger partial charge in [-0.05, 0) is 51.6 Å². The Bertz CT molecular complexity index is 1450. The molecule has 0 aliphatic heterocycles. The van der Waals surface area contributed by atoms with Crippen molar-refractivity contribution in [1.82, 2.24) is 19.9 Å². The number of halogens is 2. The third kappa shape index (κ3) is 5.12. The molecular weight excluding hydrogens is 517 g/mol. The molecule has 1 fully saturated rings. The Morgan fingerprint density at radius 2 is 2.08 bits per heavy atom. The summed E-state index contributed by atoms with van der Waals surface area (Å²) in [5.41, 5.74) is 2.46. The zero-order valence-corrected chi connectivity index (χ0v) is 22.3. The van der Waals surface area contributed by atoms with E-state index in [4.69, 9.17) is 21.1 Å². The topological polar surface area (TPSA) is 92.4 Å². The highest BCUT2D eigenvalue weighted by Gasteiger charge is 2.43. The predicted molar refractivity (Wildman–Crippen MR) is 143 cm³/mol. The van der Waals surface area contributed by atoms with Gasteiger partial charge in [-0.25, -0.2) is 14.4 Å². The largest absolute Gasteiger partial charge is 0.359 e. The lowest BCUT2D eigenvalue weighted by Gasteiger charge is -2.39. The molecule has 4 aromatic rings. The fourth-order valence-corrected chi connectivity index (χ4v) is 5.91. The molecule has 11 heteroatoms. The monoisotopic (exact) mass is 543 g/mol. The molecule has 3 aromatic heterocycles. The van der Waals surface area contributed by atoms with Crippen LogP contribution < -0.4 is 5.32 Å². The number of ether oxygens (including phenoxy) is 2. The smallest absolute Gasteiger partial charge is 0.238 e. The zero-order valence-electron chi connectivity index (χ0n) is 20.7. The third-order valence-corrected chi connectivity index (χ3v) is 7.87. The first-order valence-electron chi connectivity index (χ1n) is 11.8. The molecule has 0 saturated heterocycles. The number of carbonyl (C=O) groups is 1. The van der Waals surface area contributed by atoms with E-state index >= 15 is 0 Å². The summed E-state index contributed by atoms with van der Waals surface area (Å²) in [5.74, 6) is -0.811. The van der Waals surface area contributed by atoms with Crippen LogP contribution in [-0.4, -0.2) is 60.3 Å². The molecule has 1 saturated carbocycles. The van der Waals surface area contributed by atoms with Crippen LogP contribution in [0.5, 0.6) is 0 Å². The number of amides is 1. The number of nitrogens with zero attached hydrogens (tertiary/aromatic N) is 3. The molecule has 1 aliphatic rings. The molecule has 2 N–H and O–H groups in total. The Hall–Kier alpha value is -2.89. The minimum absolute atomic E-state index is 0.131. The minimum atomic E-state index is -0.525. The van der Waals surface area contributed by atoms with Crippen molar-refractivity contribution in [2.24, 2.45) is 0 Å². The quantitative estimate of drug-likeness (QED) is 0.265. The van der Waals surface area contributed by atoms with Crippen LogP contribution in [0.4, 0.5) is 10.1 Å². The van der Waals surface area contributed by atoms with E-state index in [1.165, 1.54) is 6.07 Å². The van der Waals surface area contributed by atoms with Gasteiger partial charge in [-0.15, -0.1) is 11.3 Å². The fraction of sp³-hybridized carbons (Fsp3) is 0.346. The number of hydrogen-bond acceptors (Lipinski definition) is 7. The first-order valence-corrected chi connectivity index (χ1v) is 13.0. The number of fused-ring (bicyclic) bond motifs is 1. The van der Waals surface area contributed by atoms with E-state index < -0.39 is 11.4 Å². The van der Waals surface area contributed by atoms with Crippen LogP contribution in [0.15, 0.2) is 36.7 Å². The normalized spacial score (nSPS) is 14.8. The van der Waals surface area contributed by atoms with E-state index in [2.05, 4.69) is 20.3 Å². The van der Waals surface area contributed by atoms with Crippen molar-refractivity contribution in [3.05, 3.63) is 52.5 Å². The fourth-order valence-electron chi connectivity index (χ4n) is 4.41. The van der Waals surface area contributed by atoms with Crippen molar-refractivity contribution >= 4 is 45.6 Å². The number of likely N-dealkylation sites (N-methyl/N-ethyl adjacent to an activating group) is 1. The molecule has 8 nitrogen and oxygen atoms in total. The van der Waals surface area contributed by atoms with Gasteiger partial charge in [0.1, 0.15) is 28.9 Å². The maximum Gasteiger partial charge on any atom is 0.238 e. The molecule has 1 amide bonds. The average molecular weight is 544 g/mol. The molecule has 0 radical (unpaired) electrons. The summed E-state index contributed by atoms with van der Waals surface area (Å²) in [6.07, 6.45) is 6.29. The molecule has 1 aliphatic carbocycles. The number of H-pyrrole nitrogens is 1. The van der Waals surface area contributed by atoms with E-state index in [1.807, 2.05) is 12.3 Å². The number of anilines is 1. The molecule has 1 aromatic carbocycles. The first kappa shape index (κ1) is 25.7. The molecule has 0 atom stereocenters. The second-order valence-electron chi connectivity index (χ2n) is 9.34. The van der Waals surface area contributed by atoms with Gasteiger partial charge in [0.2, 0.25) is 5.91 Å². The van der Waals surface area contributed by atoms with E-state index in [1.54, 1.807) is 55.8 Å². The minimum Gasteiger partial charge on any atom is -0.359 e. The summed E-state index contributed by atoms with van der Waals surface area (Å²) in [4.78, 5) is 27.0. The van der Waals surface area contributed by atoms with Crippen molar-refractivity contribution in [3.8, 4) is 21.7 Å². The molecule has 0 bridgehead atoms. The summed E-state index contributed by atoms with van der Waals surface area (Å²) in [7, 11) is 5.16. The standard InChI is InChI=1S/C26H27ClFN5O3S/c1-33(2)13-22(34)31-19-6-5-15(9-18(19)28)20-10-16-23(17(27)11-29-24(16)32-20)21-12-30-25(37-21)26(7-4-8-26)36-14-35-3/h5-6,9-12H,4,7-8,13-14H2,1-3H3,(H,29,32)(H,31,34). The number of thiazole rings is 1. The maximum absolute atomic E-state index is 14.8. The van der Waals surface area contributed by atoms with Crippen molar-refractivity contribution in [2.75, 3.05) is 39.9 Å². The molecule has 3 heterocycles. The number of nitrogens with one attached hydrogen (secondary N) is 2. The highest BCUT2D eigenvalue weighted by molar-refractivity contribution is 7.15. The summed E-state index contributed by atoms with van der Waals surface area (Å²) in [6, 6.07) is 6.59. The van der Waals surface area contributed by atoms with Crippen LogP contribution in [0.3, 0.4) is 0 Å². The van der Waals surface area contributed by atoms with Gasteiger partial charge >= 0.3 is 0 Å². The summed E-state index contributed by atoms with van der Waals surface area (Å²) in [6.45, 7) is 0.377. The lowest BCUT2D eigenvalue weighted by atomic mass is 9.80. The van der Waals surface area contributed by atoms with E-state index in [9.17, 15) is 9.18 Å². The van der Waals surface area contributed by atoms with Crippen LogP contribution in [-0.2, 0) is 19.9 Å². The highest BCUT2D eigenvalue weighted by atomic mass is 35.5. The van der Waals surface area contributed by atoms with Crippen LogP contribution in [0.25, 0.3) is 32.7 Å². The number of pyridine rings is 1. The zero-order chi connectivity index (χ0) is 26.2. The SMILES string of the molecule is COCOC1(c2ncc(-c3c(Cl)cnc4[nH]c(-c5ccc(NC(=O)CN(C)C)c(F)c5)cc34)s2)CCC1. The van der Waals surface area contributed by atoms with E-state index in [0.717, 1.165) is 40.1 Å². The first-order chi connectivity index (χ1) is 17.8. The van der Waals surface area contributed by atoms with Crippen LogP contribution in [0.1, 0.15) is 24.3 Å². The Kier molecular flexibility index (Phi) is 7.28. The summed E-state index contributed by atoms with van der Waals surface area (Å²) < 4.78 is 26.0. The maximum atomic E-state index is 14.8. The van der Waals surface area contributed by atoms with Gasteiger partial charge in [-0.2, -0.15) is 0 Å². The number of aromatic nitrogens is 3. The van der Waals surface area contributed by atoms with E-state index in [0.29, 0.717) is 21.9 Å². The van der Waals surface area contributed by atoms with Gasteiger partial charge in [0.25, 0.3) is 0 Å².